The number of rotatable bonds is 5. The van der Waals surface area contributed by atoms with Gasteiger partial charge in [-0.05, 0) is 60.8 Å². The number of carbonyl (C=O) groups is 2. The van der Waals surface area contributed by atoms with Gasteiger partial charge in [-0.1, -0.05) is 57.2 Å². The van der Waals surface area contributed by atoms with Crippen LogP contribution in [0.15, 0.2) is 48.5 Å². The molecule has 1 amide bonds. The first-order valence-electron chi connectivity index (χ1n) is 12.1. The van der Waals surface area contributed by atoms with Gasteiger partial charge in [-0.2, -0.15) is 0 Å². The fourth-order valence-electron chi connectivity index (χ4n) is 5.85. The lowest BCUT2D eigenvalue weighted by molar-refractivity contribution is -0.138. The molecule has 0 bridgehead atoms. The van der Waals surface area contributed by atoms with Gasteiger partial charge in [0.05, 0.1) is 11.7 Å². The minimum Gasteiger partial charge on any atom is -0.388 e. The van der Waals surface area contributed by atoms with Crippen molar-refractivity contribution in [3.8, 4) is 0 Å². The Bertz CT molecular complexity index is 951. The van der Waals surface area contributed by atoms with Crippen molar-refractivity contribution in [2.45, 2.75) is 64.2 Å². The van der Waals surface area contributed by atoms with Crippen molar-refractivity contribution in [3.63, 3.8) is 0 Å². The number of hydrogen-bond acceptors (Lipinski definition) is 4. The van der Waals surface area contributed by atoms with Gasteiger partial charge in [-0.3, -0.25) is 14.9 Å². The quantitative estimate of drug-likeness (QED) is 0.574. The highest BCUT2D eigenvalue weighted by atomic mass is 19.1. The smallest absolute Gasteiger partial charge is 0.246 e. The molecular formula is C28H37FN2O3. The molecule has 1 heterocycles. The summed E-state index contributed by atoms with van der Waals surface area (Å²) in [4.78, 5) is 27.1. The molecule has 6 heteroatoms. The van der Waals surface area contributed by atoms with Crippen molar-refractivity contribution in [2.75, 3.05) is 14.2 Å². The second-order valence-corrected chi connectivity index (χ2v) is 9.84. The van der Waals surface area contributed by atoms with E-state index in [1.165, 1.54) is 12.1 Å². The van der Waals surface area contributed by atoms with Gasteiger partial charge in [0.25, 0.3) is 0 Å². The van der Waals surface area contributed by atoms with Gasteiger partial charge in [0.15, 0.2) is 0 Å². The lowest BCUT2D eigenvalue weighted by Gasteiger charge is -2.48. The van der Waals surface area contributed by atoms with Crippen molar-refractivity contribution in [1.82, 2.24) is 10.2 Å². The Kier molecular flexibility index (Phi) is 8.61. The summed E-state index contributed by atoms with van der Waals surface area (Å²) in [5, 5.41) is 3.71. The maximum atomic E-state index is 13.9. The molecule has 2 aliphatic rings. The molecule has 1 aliphatic heterocycles. The molecule has 1 saturated heterocycles. The number of aldehydes is 1. The number of benzene rings is 2. The van der Waals surface area contributed by atoms with Gasteiger partial charge >= 0.3 is 0 Å². The van der Waals surface area contributed by atoms with E-state index in [0.717, 1.165) is 43.1 Å². The summed E-state index contributed by atoms with van der Waals surface area (Å²) in [6.45, 7) is 6.61. The Labute approximate surface area is 202 Å². The monoisotopic (exact) mass is 468 g/mol. The number of carbonyl (C=O) groups excluding carboxylic acids is 2. The first kappa shape index (κ1) is 26.0. The molecule has 2 aromatic rings. The number of hydrogen-bond donors (Lipinski definition) is 1. The zero-order chi connectivity index (χ0) is 24.9. The van der Waals surface area contributed by atoms with Crippen LogP contribution in [0.25, 0.3) is 0 Å². The molecule has 0 aromatic heterocycles. The molecule has 2 fully saturated rings. The number of amides is 1. The third-order valence-corrected chi connectivity index (χ3v) is 6.89. The summed E-state index contributed by atoms with van der Waals surface area (Å²) in [5.41, 5.74) is 2.03. The van der Waals surface area contributed by atoms with E-state index < -0.39 is 11.7 Å². The lowest BCUT2D eigenvalue weighted by Crippen LogP contribution is -2.57. The zero-order valence-corrected chi connectivity index (χ0v) is 20.9. The Balaban J connectivity index is 0.00000103. The molecule has 4 rings (SSSR count). The SMILES string of the molecule is CCC(c1ccc(C=O)cc1)N1C(=O)C(c2ccc(F)cc2)NC12CC(C)CC(C)C2.COC. The van der Waals surface area contributed by atoms with E-state index in [0.29, 0.717) is 17.4 Å². The van der Waals surface area contributed by atoms with Crippen molar-refractivity contribution < 1.29 is 18.7 Å². The fourth-order valence-corrected chi connectivity index (χ4v) is 5.85. The van der Waals surface area contributed by atoms with Gasteiger partial charge in [0, 0.05) is 19.8 Å². The number of nitrogens with zero attached hydrogens (tertiary/aromatic N) is 1. The number of methoxy groups -OCH3 is 1. The number of halogens is 1. The van der Waals surface area contributed by atoms with E-state index in [2.05, 4.69) is 35.7 Å². The topological polar surface area (TPSA) is 58.6 Å². The van der Waals surface area contributed by atoms with Crippen LogP contribution in [0.2, 0.25) is 0 Å². The molecule has 184 valence electrons. The van der Waals surface area contributed by atoms with Crippen LogP contribution >= 0.6 is 0 Å². The third kappa shape index (κ3) is 5.39. The van der Waals surface area contributed by atoms with E-state index in [1.54, 1.807) is 26.4 Å². The fraction of sp³-hybridized carbons (Fsp3) is 0.500. The summed E-state index contributed by atoms with van der Waals surface area (Å²) < 4.78 is 17.8. The van der Waals surface area contributed by atoms with Crippen molar-refractivity contribution in [2.24, 2.45) is 11.8 Å². The molecule has 4 unspecified atom stereocenters. The average molecular weight is 469 g/mol. The van der Waals surface area contributed by atoms with Crippen molar-refractivity contribution >= 4 is 12.2 Å². The Morgan fingerprint density at radius 2 is 1.65 bits per heavy atom. The van der Waals surface area contributed by atoms with Crippen LogP contribution in [0.5, 0.6) is 0 Å². The first-order valence-corrected chi connectivity index (χ1v) is 12.1. The van der Waals surface area contributed by atoms with Crippen molar-refractivity contribution in [3.05, 3.63) is 71.0 Å². The van der Waals surface area contributed by atoms with E-state index in [9.17, 15) is 14.0 Å². The number of nitrogens with one attached hydrogen (secondary N) is 1. The minimum atomic E-state index is -0.485. The molecule has 1 saturated carbocycles. The predicted octanol–water partition coefficient (Wildman–Crippen LogP) is 5.68. The first-order chi connectivity index (χ1) is 16.3. The molecule has 1 aliphatic carbocycles. The van der Waals surface area contributed by atoms with Crippen LogP contribution in [0, 0.1) is 17.7 Å². The lowest BCUT2D eigenvalue weighted by atomic mass is 9.75. The van der Waals surface area contributed by atoms with Crippen LogP contribution in [0.4, 0.5) is 4.39 Å². The summed E-state index contributed by atoms with van der Waals surface area (Å²) in [6, 6.07) is 13.2. The Morgan fingerprint density at radius 1 is 1.09 bits per heavy atom. The molecule has 2 aromatic carbocycles. The maximum absolute atomic E-state index is 13.9. The van der Waals surface area contributed by atoms with E-state index in [4.69, 9.17) is 0 Å². The van der Waals surface area contributed by atoms with Crippen LogP contribution in [-0.4, -0.2) is 37.0 Å². The third-order valence-electron chi connectivity index (χ3n) is 6.89. The summed E-state index contributed by atoms with van der Waals surface area (Å²) in [5.74, 6) is 0.725. The zero-order valence-electron chi connectivity index (χ0n) is 20.9. The highest BCUT2D eigenvalue weighted by Gasteiger charge is 2.55. The Hall–Kier alpha value is -2.57. The second kappa shape index (κ2) is 11.2. The van der Waals surface area contributed by atoms with Gasteiger partial charge < -0.3 is 9.64 Å². The van der Waals surface area contributed by atoms with Gasteiger partial charge in [-0.15, -0.1) is 0 Å². The molecule has 0 radical (unpaired) electrons. The normalized spacial score (nSPS) is 27.3. The standard InChI is InChI=1S/C26H31FN2O2.C2H6O/c1-4-23(20-7-5-19(16-30)6-8-20)29-25(31)24(21-9-11-22(27)12-10-21)28-26(29)14-17(2)13-18(3)15-26;1-3-2/h5-12,16-18,23-24,28H,4,13-15H2,1-3H3;1-2H3. The minimum absolute atomic E-state index is 0.0409. The van der Waals surface area contributed by atoms with Crippen LogP contribution in [0.3, 0.4) is 0 Å². The largest absolute Gasteiger partial charge is 0.388 e. The summed E-state index contributed by atoms with van der Waals surface area (Å²) >= 11 is 0. The number of ether oxygens (including phenoxy) is 1. The predicted molar refractivity (Wildman–Crippen MR) is 132 cm³/mol. The molecule has 1 N–H and O–H groups in total. The second-order valence-electron chi connectivity index (χ2n) is 9.84. The molecular weight excluding hydrogens is 431 g/mol. The van der Waals surface area contributed by atoms with Crippen molar-refractivity contribution in [1.29, 1.82) is 0 Å². The Morgan fingerprint density at radius 3 is 2.15 bits per heavy atom. The molecule has 1 spiro atoms. The summed E-state index contributed by atoms with van der Waals surface area (Å²) in [6.07, 6.45) is 4.54. The van der Waals surface area contributed by atoms with E-state index in [1.807, 2.05) is 24.3 Å². The highest BCUT2D eigenvalue weighted by molar-refractivity contribution is 5.87. The molecule has 4 atom stereocenters. The van der Waals surface area contributed by atoms with Crippen LogP contribution in [-0.2, 0) is 9.53 Å². The summed E-state index contributed by atoms with van der Waals surface area (Å²) in [7, 11) is 3.25. The van der Waals surface area contributed by atoms with E-state index in [-0.39, 0.29) is 17.8 Å². The van der Waals surface area contributed by atoms with Gasteiger partial charge in [-0.25, -0.2) is 4.39 Å². The average Bonchev–Trinajstić information content (AvgIpc) is 3.06. The van der Waals surface area contributed by atoms with Gasteiger partial charge in [0.1, 0.15) is 18.1 Å². The van der Waals surface area contributed by atoms with E-state index >= 15 is 0 Å². The van der Waals surface area contributed by atoms with Crippen LogP contribution in [0.1, 0.15) is 80.0 Å². The molecule has 34 heavy (non-hydrogen) atoms. The maximum Gasteiger partial charge on any atom is 0.246 e. The highest BCUT2D eigenvalue weighted by Crippen LogP contribution is 2.48. The van der Waals surface area contributed by atoms with Crippen LogP contribution < -0.4 is 5.32 Å². The van der Waals surface area contributed by atoms with Gasteiger partial charge in [0.2, 0.25) is 5.91 Å². The molecule has 5 nitrogen and oxygen atoms in total.